The van der Waals surface area contributed by atoms with Gasteiger partial charge in [0.15, 0.2) is 6.29 Å². The number of hydrogen-bond acceptors (Lipinski definition) is 3. The molecular weight excluding hydrogens is 132 g/mol. The normalized spacial score (nSPS) is 43.8. The van der Waals surface area contributed by atoms with Gasteiger partial charge in [-0.3, -0.25) is 0 Å². The third kappa shape index (κ3) is 1.48. The minimum absolute atomic E-state index is 0.152. The Morgan fingerprint density at radius 1 is 1.60 bits per heavy atom. The van der Waals surface area contributed by atoms with E-state index in [1.165, 1.54) is 0 Å². The smallest absolute Gasteiger partial charge is 0.157 e. The Balaban J connectivity index is 2.41. The van der Waals surface area contributed by atoms with Crippen molar-refractivity contribution in [2.75, 3.05) is 0 Å². The number of aliphatic hydroxyl groups is 2. The Morgan fingerprint density at radius 3 is 2.40 bits per heavy atom. The molecule has 1 aliphatic rings. The highest BCUT2D eigenvalue weighted by atomic mass is 16.6. The zero-order chi connectivity index (χ0) is 7.72. The van der Waals surface area contributed by atoms with Crippen molar-refractivity contribution in [1.29, 1.82) is 0 Å². The van der Waals surface area contributed by atoms with Crippen molar-refractivity contribution in [3.8, 4) is 0 Å². The minimum atomic E-state index is -0.681. The second-order valence-electron chi connectivity index (χ2n) is 3.02. The van der Waals surface area contributed by atoms with Gasteiger partial charge in [0.05, 0.1) is 12.2 Å². The molecular formula is C7H14O3. The van der Waals surface area contributed by atoms with Crippen molar-refractivity contribution >= 4 is 0 Å². The Hall–Kier alpha value is -0.120. The first-order valence-corrected chi connectivity index (χ1v) is 3.63. The van der Waals surface area contributed by atoms with Crippen LogP contribution in [0.3, 0.4) is 0 Å². The molecule has 0 radical (unpaired) electrons. The van der Waals surface area contributed by atoms with Gasteiger partial charge in [-0.2, -0.15) is 0 Å². The molecule has 0 amide bonds. The van der Waals surface area contributed by atoms with Crippen molar-refractivity contribution in [3.63, 3.8) is 0 Å². The van der Waals surface area contributed by atoms with E-state index in [-0.39, 0.29) is 12.0 Å². The fraction of sp³-hybridized carbons (Fsp3) is 1.00. The Kier molecular flexibility index (Phi) is 2.28. The molecule has 10 heavy (non-hydrogen) atoms. The van der Waals surface area contributed by atoms with Crippen LogP contribution < -0.4 is 0 Å². The molecule has 4 unspecified atom stereocenters. The average Bonchev–Trinajstić information content (AvgIpc) is 2.13. The summed E-state index contributed by atoms with van der Waals surface area (Å²) in [7, 11) is 0. The zero-order valence-electron chi connectivity index (χ0n) is 6.32. The summed E-state index contributed by atoms with van der Waals surface area (Å²) in [5.41, 5.74) is 0. The molecule has 4 atom stereocenters. The SMILES string of the molecule is CC(O)C1CC(C)C(O)O1. The Bertz CT molecular complexity index is 103. The molecule has 3 nitrogen and oxygen atoms in total. The van der Waals surface area contributed by atoms with Gasteiger partial charge >= 0.3 is 0 Å². The van der Waals surface area contributed by atoms with Gasteiger partial charge in [-0.25, -0.2) is 0 Å². The summed E-state index contributed by atoms with van der Waals surface area (Å²) in [6.07, 6.45) is -0.581. The van der Waals surface area contributed by atoms with Gasteiger partial charge in [0.25, 0.3) is 0 Å². The number of hydrogen-bond donors (Lipinski definition) is 2. The maximum Gasteiger partial charge on any atom is 0.157 e. The predicted octanol–water partition coefficient (Wildman–Crippen LogP) is 0.111. The highest BCUT2D eigenvalue weighted by molar-refractivity contribution is 4.76. The Morgan fingerprint density at radius 2 is 2.20 bits per heavy atom. The van der Waals surface area contributed by atoms with Crippen LogP contribution >= 0.6 is 0 Å². The second-order valence-corrected chi connectivity index (χ2v) is 3.02. The van der Waals surface area contributed by atoms with E-state index in [1.54, 1.807) is 6.92 Å². The van der Waals surface area contributed by atoms with Gasteiger partial charge in [-0.15, -0.1) is 0 Å². The first-order chi connectivity index (χ1) is 4.61. The lowest BCUT2D eigenvalue weighted by Crippen LogP contribution is -2.22. The molecule has 2 N–H and O–H groups in total. The van der Waals surface area contributed by atoms with Crippen molar-refractivity contribution < 1.29 is 14.9 Å². The van der Waals surface area contributed by atoms with Crippen molar-refractivity contribution in [1.82, 2.24) is 0 Å². The van der Waals surface area contributed by atoms with E-state index in [2.05, 4.69) is 0 Å². The molecule has 3 heteroatoms. The Labute approximate surface area is 60.6 Å². The maximum absolute atomic E-state index is 9.08. The van der Waals surface area contributed by atoms with E-state index >= 15 is 0 Å². The van der Waals surface area contributed by atoms with Crippen LogP contribution in [0.25, 0.3) is 0 Å². The number of ether oxygens (including phenoxy) is 1. The standard InChI is InChI=1S/C7H14O3/c1-4-3-6(5(2)8)10-7(4)9/h4-9H,3H2,1-2H3. The quantitative estimate of drug-likeness (QED) is 0.552. The maximum atomic E-state index is 9.08. The van der Waals surface area contributed by atoms with Gasteiger partial charge in [-0.1, -0.05) is 6.92 Å². The first-order valence-electron chi connectivity index (χ1n) is 3.63. The van der Waals surface area contributed by atoms with E-state index in [9.17, 15) is 0 Å². The molecule has 1 saturated heterocycles. The first kappa shape index (κ1) is 7.98. The van der Waals surface area contributed by atoms with Crippen LogP contribution in [0.15, 0.2) is 0 Å². The number of rotatable bonds is 1. The van der Waals surface area contributed by atoms with E-state index in [4.69, 9.17) is 14.9 Å². The molecule has 1 fully saturated rings. The van der Waals surface area contributed by atoms with Gasteiger partial charge < -0.3 is 14.9 Å². The monoisotopic (exact) mass is 146 g/mol. The lowest BCUT2D eigenvalue weighted by Gasteiger charge is -2.12. The van der Waals surface area contributed by atoms with Crippen molar-refractivity contribution in [3.05, 3.63) is 0 Å². The van der Waals surface area contributed by atoms with Crippen LogP contribution in [0, 0.1) is 5.92 Å². The molecule has 0 aliphatic carbocycles. The summed E-state index contributed by atoms with van der Waals surface area (Å²) in [5, 5.41) is 18.1. The van der Waals surface area contributed by atoms with Crippen LogP contribution in [0.4, 0.5) is 0 Å². The second kappa shape index (κ2) is 2.86. The molecule has 0 aromatic rings. The van der Waals surface area contributed by atoms with Gasteiger partial charge in [0.2, 0.25) is 0 Å². The molecule has 1 heterocycles. The third-order valence-electron chi connectivity index (χ3n) is 1.94. The summed E-state index contributed by atoms with van der Waals surface area (Å²) in [6, 6.07) is 0. The van der Waals surface area contributed by atoms with Gasteiger partial charge in [0.1, 0.15) is 0 Å². The molecule has 0 aromatic heterocycles. The van der Waals surface area contributed by atoms with Crippen molar-refractivity contribution in [2.24, 2.45) is 5.92 Å². The average molecular weight is 146 g/mol. The largest absolute Gasteiger partial charge is 0.391 e. The van der Waals surface area contributed by atoms with E-state index < -0.39 is 12.4 Å². The molecule has 0 bridgehead atoms. The van der Waals surface area contributed by atoms with E-state index in [0.717, 1.165) is 6.42 Å². The van der Waals surface area contributed by atoms with Crippen LogP contribution in [-0.4, -0.2) is 28.7 Å². The number of aliphatic hydroxyl groups excluding tert-OH is 2. The van der Waals surface area contributed by atoms with Crippen LogP contribution in [0.5, 0.6) is 0 Å². The summed E-state index contributed by atoms with van der Waals surface area (Å²) in [6.45, 7) is 3.59. The van der Waals surface area contributed by atoms with E-state index in [1.807, 2.05) is 6.92 Å². The van der Waals surface area contributed by atoms with Crippen LogP contribution in [0.1, 0.15) is 20.3 Å². The highest BCUT2D eigenvalue weighted by Gasteiger charge is 2.32. The van der Waals surface area contributed by atoms with E-state index in [0.29, 0.717) is 0 Å². The molecule has 1 aliphatic heterocycles. The summed E-state index contributed by atoms with van der Waals surface area (Å²) in [4.78, 5) is 0. The minimum Gasteiger partial charge on any atom is -0.391 e. The van der Waals surface area contributed by atoms with Crippen LogP contribution in [0.2, 0.25) is 0 Å². The molecule has 1 rings (SSSR count). The fourth-order valence-electron chi connectivity index (χ4n) is 1.16. The summed E-state index contributed by atoms with van der Waals surface area (Å²) >= 11 is 0. The zero-order valence-corrected chi connectivity index (χ0v) is 6.32. The van der Waals surface area contributed by atoms with Crippen LogP contribution in [-0.2, 0) is 4.74 Å². The molecule has 0 aromatic carbocycles. The lowest BCUT2D eigenvalue weighted by atomic mass is 10.0. The lowest BCUT2D eigenvalue weighted by molar-refractivity contribution is -0.127. The fourth-order valence-corrected chi connectivity index (χ4v) is 1.16. The summed E-state index contributed by atoms with van der Waals surface area (Å²) in [5.74, 6) is 0.152. The molecule has 0 saturated carbocycles. The summed E-state index contributed by atoms with van der Waals surface area (Å²) < 4.78 is 5.04. The molecule has 60 valence electrons. The highest BCUT2D eigenvalue weighted by Crippen LogP contribution is 2.25. The predicted molar refractivity (Wildman–Crippen MR) is 36.3 cm³/mol. The van der Waals surface area contributed by atoms with Crippen molar-refractivity contribution in [2.45, 2.75) is 38.8 Å². The molecule has 0 spiro atoms. The topological polar surface area (TPSA) is 49.7 Å². The van der Waals surface area contributed by atoms with Gasteiger partial charge in [0, 0.05) is 5.92 Å². The third-order valence-corrected chi connectivity index (χ3v) is 1.94. The van der Waals surface area contributed by atoms with Gasteiger partial charge in [-0.05, 0) is 13.3 Å².